The van der Waals surface area contributed by atoms with Crippen molar-refractivity contribution in [2.75, 3.05) is 13.6 Å². The summed E-state index contributed by atoms with van der Waals surface area (Å²) < 4.78 is 5.27. The molecule has 6 heteroatoms. The van der Waals surface area contributed by atoms with Gasteiger partial charge in [-0.25, -0.2) is 0 Å². The molecule has 1 saturated carbocycles. The SMILES string of the molecule is CN(Cc1nc(-c2cccs2)no1)CC1CC(O)C1. The Morgan fingerprint density at radius 2 is 2.37 bits per heavy atom. The van der Waals surface area contributed by atoms with Crippen molar-refractivity contribution in [3.8, 4) is 10.7 Å². The molecule has 102 valence electrons. The van der Waals surface area contributed by atoms with Crippen LogP contribution >= 0.6 is 11.3 Å². The molecule has 19 heavy (non-hydrogen) atoms. The smallest absolute Gasteiger partial charge is 0.241 e. The maximum Gasteiger partial charge on any atom is 0.241 e. The highest BCUT2D eigenvalue weighted by atomic mass is 32.1. The third kappa shape index (κ3) is 3.02. The van der Waals surface area contributed by atoms with Crippen molar-refractivity contribution in [2.45, 2.75) is 25.5 Å². The number of aliphatic hydroxyl groups excluding tert-OH is 1. The number of aliphatic hydroxyl groups is 1. The van der Waals surface area contributed by atoms with Crippen molar-refractivity contribution in [1.29, 1.82) is 0 Å². The molecule has 1 aliphatic rings. The number of aromatic nitrogens is 2. The molecule has 1 fully saturated rings. The zero-order valence-electron chi connectivity index (χ0n) is 10.8. The molecule has 0 spiro atoms. The van der Waals surface area contributed by atoms with Crippen LogP contribution in [0.1, 0.15) is 18.7 Å². The van der Waals surface area contributed by atoms with Crippen LogP contribution in [0.5, 0.6) is 0 Å². The van der Waals surface area contributed by atoms with E-state index in [0.29, 0.717) is 24.2 Å². The summed E-state index contributed by atoms with van der Waals surface area (Å²) in [5.41, 5.74) is 0. The monoisotopic (exact) mass is 279 g/mol. The van der Waals surface area contributed by atoms with Crippen molar-refractivity contribution in [3.63, 3.8) is 0 Å². The van der Waals surface area contributed by atoms with Gasteiger partial charge in [0.25, 0.3) is 0 Å². The summed E-state index contributed by atoms with van der Waals surface area (Å²) in [5.74, 6) is 1.91. The highest BCUT2D eigenvalue weighted by Crippen LogP contribution is 2.28. The van der Waals surface area contributed by atoms with Gasteiger partial charge >= 0.3 is 0 Å². The van der Waals surface area contributed by atoms with Gasteiger partial charge in [0.1, 0.15) is 0 Å². The van der Waals surface area contributed by atoms with Crippen molar-refractivity contribution >= 4 is 11.3 Å². The molecule has 3 rings (SSSR count). The van der Waals surface area contributed by atoms with Gasteiger partial charge in [-0.1, -0.05) is 11.2 Å². The Labute approximate surface area is 115 Å². The van der Waals surface area contributed by atoms with E-state index in [9.17, 15) is 5.11 Å². The Hall–Kier alpha value is -1.24. The maximum absolute atomic E-state index is 9.27. The van der Waals surface area contributed by atoms with Crippen LogP contribution in [0.4, 0.5) is 0 Å². The lowest BCUT2D eigenvalue weighted by Gasteiger charge is -2.34. The molecule has 0 aliphatic heterocycles. The summed E-state index contributed by atoms with van der Waals surface area (Å²) in [7, 11) is 2.04. The van der Waals surface area contributed by atoms with Crippen molar-refractivity contribution in [3.05, 3.63) is 23.4 Å². The highest BCUT2D eigenvalue weighted by molar-refractivity contribution is 7.13. The summed E-state index contributed by atoms with van der Waals surface area (Å²) in [5, 5.41) is 15.3. The van der Waals surface area contributed by atoms with Crippen LogP contribution in [0.15, 0.2) is 22.0 Å². The summed E-state index contributed by atoms with van der Waals surface area (Å²) in [6, 6.07) is 3.96. The average molecular weight is 279 g/mol. The van der Waals surface area contributed by atoms with Crippen LogP contribution in [-0.4, -0.2) is 39.8 Å². The fourth-order valence-electron chi connectivity index (χ4n) is 2.41. The van der Waals surface area contributed by atoms with Crippen LogP contribution in [0.3, 0.4) is 0 Å². The van der Waals surface area contributed by atoms with Crippen LogP contribution in [0.2, 0.25) is 0 Å². The Balaban J connectivity index is 1.55. The number of thiophene rings is 1. The minimum atomic E-state index is -0.0905. The molecule has 2 aromatic rings. The summed E-state index contributed by atoms with van der Waals surface area (Å²) in [6.07, 6.45) is 1.73. The Morgan fingerprint density at radius 3 is 3.05 bits per heavy atom. The lowest BCUT2D eigenvalue weighted by atomic mass is 9.82. The Morgan fingerprint density at radius 1 is 1.53 bits per heavy atom. The normalized spacial score (nSPS) is 22.7. The minimum absolute atomic E-state index is 0.0905. The largest absolute Gasteiger partial charge is 0.393 e. The van der Waals surface area contributed by atoms with E-state index in [1.165, 1.54) is 0 Å². The van der Waals surface area contributed by atoms with Gasteiger partial charge in [0, 0.05) is 6.54 Å². The van der Waals surface area contributed by atoms with Gasteiger partial charge in [-0.3, -0.25) is 4.90 Å². The van der Waals surface area contributed by atoms with Gasteiger partial charge in [-0.05, 0) is 37.3 Å². The van der Waals surface area contributed by atoms with Crippen LogP contribution in [-0.2, 0) is 6.54 Å². The summed E-state index contributed by atoms with van der Waals surface area (Å²) in [4.78, 5) is 7.60. The minimum Gasteiger partial charge on any atom is -0.393 e. The van der Waals surface area contributed by atoms with E-state index in [2.05, 4.69) is 15.0 Å². The fraction of sp³-hybridized carbons (Fsp3) is 0.538. The molecule has 0 aromatic carbocycles. The lowest BCUT2D eigenvalue weighted by molar-refractivity contribution is 0.0261. The van der Waals surface area contributed by atoms with Gasteiger partial charge in [0.05, 0.1) is 17.5 Å². The fourth-order valence-corrected chi connectivity index (χ4v) is 3.06. The third-order valence-electron chi connectivity index (χ3n) is 3.40. The van der Waals surface area contributed by atoms with E-state index in [-0.39, 0.29) is 6.10 Å². The standard InChI is InChI=1S/C13H17N3O2S/c1-16(7-9-5-10(17)6-9)8-12-14-13(15-18-12)11-3-2-4-19-11/h2-4,9-10,17H,5-8H2,1H3. The van der Waals surface area contributed by atoms with Gasteiger partial charge in [0.2, 0.25) is 11.7 Å². The molecular weight excluding hydrogens is 262 g/mol. The van der Waals surface area contributed by atoms with Crippen LogP contribution < -0.4 is 0 Å². The molecule has 0 radical (unpaired) electrons. The Bertz CT molecular complexity index is 520. The molecule has 0 saturated heterocycles. The van der Waals surface area contributed by atoms with E-state index >= 15 is 0 Å². The van der Waals surface area contributed by atoms with Gasteiger partial charge < -0.3 is 9.63 Å². The quantitative estimate of drug-likeness (QED) is 0.907. The van der Waals surface area contributed by atoms with E-state index in [4.69, 9.17) is 4.52 Å². The molecule has 1 N–H and O–H groups in total. The molecular formula is C13H17N3O2S. The topological polar surface area (TPSA) is 62.4 Å². The van der Waals surface area contributed by atoms with Gasteiger partial charge in [0.15, 0.2) is 0 Å². The van der Waals surface area contributed by atoms with Crippen molar-refractivity contribution in [1.82, 2.24) is 15.0 Å². The molecule has 0 unspecified atom stereocenters. The summed E-state index contributed by atoms with van der Waals surface area (Å²) >= 11 is 1.61. The Kier molecular flexibility index (Phi) is 3.63. The molecule has 5 nitrogen and oxygen atoms in total. The highest BCUT2D eigenvalue weighted by Gasteiger charge is 2.28. The van der Waals surface area contributed by atoms with Gasteiger partial charge in [-0.2, -0.15) is 4.98 Å². The van der Waals surface area contributed by atoms with Crippen molar-refractivity contribution in [2.24, 2.45) is 5.92 Å². The lowest BCUT2D eigenvalue weighted by Crippen LogP contribution is -2.36. The first-order valence-electron chi connectivity index (χ1n) is 6.44. The number of hydrogen-bond donors (Lipinski definition) is 1. The van der Waals surface area contributed by atoms with Crippen LogP contribution in [0.25, 0.3) is 10.7 Å². The van der Waals surface area contributed by atoms with E-state index in [1.54, 1.807) is 11.3 Å². The zero-order valence-corrected chi connectivity index (χ0v) is 11.6. The second-order valence-corrected chi connectivity index (χ2v) is 6.12. The molecule has 1 aliphatic carbocycles. The van der Waals surface area contributed by atoms with E-state index in [0.717, 1.165) is 24.3 Å². The zero-order chi connectivity index (χ0) is 13.2. The molecule has 0 bridgehead atoms. The predicted octanol–water partition coefficient (Wildman–Crippen LogP) is 2.00. The first kappa shape index (κ1) is 12.8. The molecule has 2 aromatic heterocycles. The number of hydrogen-bond acceptors (Lipinski definition) is 6. The first-order chi connectivity index (χ1) is 9.20. The molecule has 0 atom stereocenters. The van der Waals surface area contributed by atoms with E-state index < -0.39 is 0 Å². The number of rotatable bonds is 5. The average Bonchev–Trinajstić information content (AvgIpc) is 2.96. The first-order valence-corrected chi connectivity index (χ1v) is 7.32. The maximum atomic E-state index is 9.27. The summed E-state index contributed by atoms with van der Waals surface area (Å²) in [6.45, 7) is 1.62. The molecule has 2 heterocycles. The number of nitrogens with zero attached hydrogens (tertiary/aromatic N) is 3. The van der Waals surface area contributed by atoms with Crippen molar-refractivity contribution < 1.29 is 9.63 Å². The third-order valence-corrected chi connectivity index (χ3v) is 4.26. The second-order valence-electron chi connectivity index (χ2n) is 5.18. The van der Waals surface area contributed by atoms with Crippen LogP contribution in [0, 0.1) is 5.92 Å². The molecule has 0 amide bonds. The van der Waals surface area contributed by atoms with Gasteiger partial charge in [-0.15, -0.1) is 11.3 Å². The van der Waals surface area contributed by atoms with E-state index in [1.807, 2.05) is 24.6 Å². The second kappa shape index (κ2) is 5.40. The predicted molar refractivity (Wildman–Crippen MR) is 72.7 cm³/mol.